The van der Waals surface area contributed by atoms with Crippen LogP contribution in [0.3, 0.4) is 0 Å². The van der Waals surface area contributed by atoms with Gasteiger partial charge in [-0.15, -0.1) is 0 Å². The lowest BCUT2D eigenvalue weighted by molar-refractivity contribution is 0.278. The minimum Gasteiger partial charge on any atom is -0.326 e. The molecule has 100 valence electrons. The average Bonchev–Trinajstić information content (AvgIpc) is 2.76. The Bertz CT molecular complexity index is 388. The van der Waals surface area contributed by atoms with Gasteiger partial charge in [0, 0.05) is 12.3 Å². The van der Waals surface area contributed by atoms with Crippen molar-refractivity contribution in [1.29, 1.82) is 0 Å². The lowest BCUT2D eigenvalue weighted by Crippen LogP contribution is -2.49. The van der Waals surface area contributed by atoms with E-state index in [2.05, 4.69) is 0 Å². The third-order valence-corrected chi connectivity index (χ3v) is 7.50. The molecule has 0 aromatic heterocycles. The van der Waals surface area contributed by atoms with Crippen LogP contribution in [0.2, 0.25) is 0 Å². The van der Waals surface area contributed by atoms with Gasteiger partial charge < -0.3 is 5.73 Å². The molecule has 2 bridgehead atoms. The van der Waals surface area contributed by atoms with Crippen LogP contribution < -0.4 is 5.73 Å². The number of rotatable bonds is 4. The maximum atomic E-state index is 11.7. The first-order valence-electron chi connectivity index (χ1n) is 6.67. The number of hydrogen-bond acceptors (Lipinski definition) is 3. The second-order valence-electron chi connectivity index (χ2n) is 6.65. The Kier molecular flexibility index (Phi) is 3.32. The molecule has 4 atom stereocenters. The summed E-state index contributed by atoms with van der Waals surface area (Å²) in [7, 11) is -3.08. The predicted octanol–water partition coefficient (Wildman–Crippen LogP) is 1.96. The van der Waals surface area contributed by atoms with Gasteiger partial charge in [0.2, 0.25) is 0 Å². The lowest BCUT2D eigenvalue weighted by Gasteiger charge is -2.33. The monoisotopic (exact) mass is 259 g/mol. The quantitative estimate of drug-likeness (QED) is 0.839. The summed E-state index contributed by atoms with van der Waals surface area (Å²) in [5, 5.41) is 0. The standard InChI is InChI=1S/C13H25NO2S/c1-13(2,17(3,15)16)12(14)8-11-7-9-4-5-10(11)6-9/h9-12H,4-8,14H2,1-3H3. The summed E-state index contributed by atoms with van der Waals surface area (Å²) in [4.78, 5) is 0. The third kappa shape index (κ3) is 2.39. The van der Waals surface area contributed by atoms with E-state index in [0.717, 1.165) is 18.3 Å². The smallest absolute Gasteiger partial charge is 0.154 e. The minimum absolute atomic E-state index is 0.234. The summed E-state index contributed by atoms with van der Waals surface area (Å²) in [6, 6.07) is -0.234. The van der Waals surface area contributed by atoms with E-state index in [9.17, 15) is 8.42 Å². The Morgan fingerprint density at radius 2 is 1.94 bits per heavy atom. The third-order valence-electron chi connectivity index (χ3n) is 5.29. The van der Waals surface area contributed by atoms with E-state index in [0.29, 0.717) is 5.92 Å². The van der Waals surface area contributed by atoms with Crippen molar-refractivity contribution in [2.45, 2.75) is 56.7 Å². The van der Waals surface area contributed by atoms with Crippen molar-refractivity contribution >= 4 is 9.84 Å². The van der Waals surface area contributed by atoms with Crippen molar-refractivity contribution in [3.63, 3.8) is 0 Å². The molecule has 4 heteroatoms. The fourth-order valence-electron chi connectivity index (χ4n) is 3.55. The molecule has 0 aromatic carbocycles. The molecule has 0 aliphatic heterocycles. The number of nitrogens with two attached hydrogens (primary N) is 1. The van der Waals surface area contributed by atoms with Crippen molar-refractivity contribution in [1.82, 2.24) is 0 Å². The molecule has 2 fully saturated rings. The highest BCUT2D eigenvalue weighted by Gasteiger charge is 2.44. The first-order chi connectivity index (χ1) is 7.72. The van der Waals surface area contributed by atoms with Crippen LogP contribution in [0.25, 0.3) is 0 Å². The van der Waals surface area contributed by atoms with Crippen molar-refractivity contribution in [3.8, 4) is 0 Å². The maximum absolute atomic E-state index is 11.7. The van der Waals surface area contributed by atoms with E-state index in [1.165, 1.54) is 31.9 Å². The molecule has 0 amide bonds. The van der Waals surface area contributed by atoms with Gasteiger partial charge in [-0.2, -0.15) is 0 Å². The Labute approximate surface area is 105 Å². The van der Waals surface area contributed by atoms with Gasteiger partial charge in [0.15, 0.2) is 9.84 Å². The van der Waals surface area contributed by atoms with E-state index in [1.54, 1.807) is 13.8 Å². The summed E-state index contributed by atoms with van der Waals surface area (Å²) in [6.45, 7) is 3.53. The van der Waals surface area contributed by atoms with Gasteiger partial charge in [-0.3, -0.25) is 0 Å². The van der Waals surface area contributed by atoms with Crippen LogP contribution in [0.4, 0.5) is 0 Å². The first kappa shape index (κ1) is 13.3. The van der Waals surface area contributed by atoms with Crippen molar-refractivity contribution in [2.75, 3.05) is 6.26 Å². The van der Waals surface area contributed by atoms with Crippen LogP contribution >= 0.6 is 0 Å². The molecule has 17 heavy (non-hydrogen) atoms. The van der Waals surface area contributed by atoms with Gasteiger partial charge in [-0.1, -0.05) is 6.42 Å². The highest BCUT2D eigenvalue weighted by molar-refractivity contribution is 7.92. The lowest BCUT2D eigenvalue weighted by atomic mass is 9.82. The van der Waals surface area contributed by atoms with E-state index < -0.39 is 14.6 Å². The predicted molar refractivity (Wildman–Crippen MR) is 70.5 cm³/mol. The molecule has 2 saturated carbocycles. The second kappa shape index (κ2) is 4.23. The summed E-state index contributed by atoms with van der Waals surface area (Å²) in [6.07, 6.45) is 7.52. The zero-order valence-electron chi connectivity index (χ0n) is 11.1. The summed E-state index contributed by atoms with van der Waals surface area (Å²) in [5.74, 6) is 2.39. The molecule has 0 aromatic rings. The molecule has 0 spiro atoms. The van der Waals surface area contributed by atoms with Gasteiger partial charge in [-0.25, -0.2) is 8.42 Å². The summed E-state index contributed by atoms with van der Waals surface area (Å²) >= 11 is 0. The number of hydrogen-bond donors (Lipinski definition) is 1. The highest BCUT2D eigenvalue weighted by atomic mass is 32.2. The average molecular weight is 259 g/mol. The van der Waals surface area contributed by atoms with Gasteiger partial charge in [-0.05, 0) is 57.3 Å². The summed E-state index contributed by atoms with van der Waals surface area (Å²) < 4.78 is 22.7. The Balaban J connectivity index is 2.00. The molecule has 2 rings (SSSR count). The van der Waals surface area contributed by atoms with Crippen LogP contribution in [0.5, 0.6) is 0 Å². The Morgan fingerprint density at radius 1 is 1.29 bits per heavy atom. The van der Waals surface area contributed by atoms with Crippen LogP contribution in [0.1, 0.15) is 46.0 Å². The second-order valence-corrected chi connectivity index (χ2v) is 9.25. The fraction of sp³-hybridized carbons (Fsp3) is 1.00. The van der Waals surface area contributed by atoms with Crippen LogP contribution in [-0.4, -0.2) is 25.5 Å². The molecule has 0 heterocycles. The molecule has 2 N–H and O–H groups in total. The highest BCUT2D eigenvalue weighted by Crippen LogP contribution is 2.50. The fourth-order valence-corrected chi connectivity index (χ4v) is 4.20. The van der Waals surface area contributed by atoms with Crippen LogP contribution in [-0.2, 0) is 9.84 Å². The number of sulfone groups is 1. The van der Waals surface area contributed by atoms with E-state index in [1.807, 2.05) is 0 Å². The van der Waals surface area contributed by atoms with Crippen molar-refractivity contribution < 1.29 is 8.42 Å². The molecule has 4 unspecified atom stereocenters. The molecular formula is C13H25NO2S. The molecule has 0 saturated heterocycles. The van der Waals surface area contributed by atoms with Crippen LogP contribution in [0, 0.1) is 17.8 Å². The van der Waals surface area contributed by atoms with Gasteiger partial charge >= 0.3 is 0 Å². The first-order valence-corrected chi connectivity index (χ1v) is 8.56. The summed E-state index contributed by atoms with van der Waals surface area (Å²) in [5.41, 5.74) is 6.17. The topological polar surface area (TPSA) is 60.2 Å². The van der Waals surface area contributed by atoms with Gasteiger partial charge in [0.05, 0.1) is 4.75 Å². The SMILES string of the molecule is CC(C)(C(N)CC1CC2CCC1C2)S(C)(=O)=O. The molecule has 3 nitrogen and oxygen atoms in total. The Hall–Kier alpha value is -0.0900. The zero-order chi connectivity index (χ0) is 12.8. The van der Waals surface area contributed by atoms with Crippen molar-refractivity contribution in [2.24, 2.45) is 23.5 Å². The van der Waals surface area contributed by atoms with E-state index >= 15 is 0 Å². The molecule has 0 radical (unpaired) electrons. The van der Waals surface area contributed by atoms with Gasteiger partial charge in [0.25, 0.3) is 0 Å². The number of fused-ring (bicyclic) bond motifs is 2. The molecule has 2 aliphatic rings. The normalized spacial score (nSPS) is 35.2. The molecule has 2 aliphatic carbocycles. The van der Waals surface area contributed by atoms with E-state index in [-0.39, 0.29) is 6.04 Å². The Morgan fingerprint density at radius 3 is 2.35 bits per heavy atom. The largest absolute Gasteiger partial charge is 0.326 e. The van der Waals surface area contributed by atoms with Gasteiger partial charge in [0.1, 0.15) is 0 Å². The maximum Gasteiger partial charge on any atom is 0.154 e. The zero-order valence-corrected chi connectivity index (χ0v) is 12.0. The van der Waals surface area contributed by atoms with Crippen molar-refractivity contribution in [3.05, 3.63) is 0 Å². The minimum atomic E-state index is -3.08. The van der Waals surface area contributed by atoms with Crippen LogP contribution in [0.15, 0.2) is 0 Å². The molecular weight excluding hydrogens is 234 g/mol. The van der Waals surface area contributed by atoms with E-state index in [4.69, 9.17) is 5.73 Å².